The zero-order valence-corrected chi connectivity index (χ0v) is 12.5. The summed E-state index contributed by atoms with van der Waals surface area (Å²) in [6, 6.07) is 5.13. The summed E-state index contributed by atoms with van der Waals surface area (Å²) in [5.41, 5.74) is 0.667. The van der Waals surface area contributed by atoms with E-state index in [2.05, 4.69) is 25.9 Å². The third-order valence-electron chi connectivity index (χ3n) is 2.30. The summed E-state index contributed by atoms with van der Waals surface area (Å²) >= 11 is 3.32. The van der Waals surface area contributed by atoms with Gasteiger partial charge in [-0.15, -0.1) is 0 Å². The second kappa shape index (κ2) is 5.66. The molecule has 0 amide bonds. The first-order valence-corrected chi connectivity index (χ1v) is 8.02. The molecule has 19 heavy (non-hydrogen) atoms. The molecule has 7 heteroatoms. The summed E-state index contributed by atoms with van der Waals surface area (Å²) in [5, 5.41) is 0. The Morgan fingerprint density at radius 1 is 1.37 bits per heavy atom. The lowest BCUT2D eigenvalue weighted by atomic mass is 10.3. The van der Waals surface area contributed by atoms with E-state index >= 15 is 0 Å². The van der Waals surface area contributed by atoms with Gasteiger partial charge in [0.2, 0.25) is 5.88 Å². The fraction of sp³-hybridized carbons (Fsp3) is 0.167. The molecular weight excluding hydrogens is 332 g/mol. The van der Waals surface area contributed by atoms with Crippen molar-refractivity contribution in [1.82, 2.24) is 9.97 Å². The van der Waals surface area contributed by atoms with Crippen molar-refractivity contribution in [2.45, 2.75) is 11.5 Å². The van der Waals surface area contributed by atoms with Gasteiger partial charge in [0.05, 0.1) is 9.37 Å². The van der Waals surface area contributed by atoms with E-state index in [9.17, 15) is 8.42 Å². The van der Waals surface area contributed by atoms with Crippen LogP contribution in [0.4, 0.5) is 0 Å². The fourth-order valence-corrected chi connectivity index (χ4v) is 2.36. The van der Waals surface area contributed by atoms with Crippen molar-refractivity contribution in [2.75, 3.05) is 6.26 Å². The second-order valence-electron chi connectivity index (χ2n) is 3.88. The Hall–Kier alpha value is -1.47. The number of ether oxygens (including phenoxy) is 1. The first kappa shape index (κ1) is 14.0. The molecule has 0 aliphatic rings. The smallest absolute Gasteiger partial charge is 0.228 e. The molecule has 2 heterocycles. The minimum atomic E-state index is -3.26. The van der Waals surface area contributed by atoms with Crippen LogP contribution in [0.2, 0.25) is 0 Å². The normalized spacial score (nSPS) is 11.3. The Morgan fingerprint density at radius 3 is 2.84 bits per heavy atom. The summed E-state index contributed by atoms with van der Waals surface area (Å²) in [7, 11) is -3.26. The molecule has 0 saturated carbocycles. The molecular formula is C12H11BrN2O3S. The molecule has 2 aromatic rings. The van der Waals surface area contributed by atoms with Gasteiger partial charge in [-0.3, -0.25) is 4.98 Å². The van der Waals surface area contributed by atoms with Gasteiger partial charge in [-0.2, -0.15) is 0 Å². The van der Waals surface area contributed by atoms with Crippen LogP contribution in [0.3, 0.4) is 0 Å². The molecule has 0 aliphatic heterocycles. The zero-order chi connectivity index (χ0) is 13.9. The van der Waals surface area contributed by atoms with Gasteiger partial charge < -0.3 is 4.74 Å². The minimum Gasteiger partial charge on any atom is -0.472 e. The van der Waals surface area contributed by atoms with Crippen molar-refractivity contribution in [3.05, 3.63) is 46.8 Å². The number of hydrogen-bond donors (Lipinski definition) is 0. The lowest BCUT2D eigenvalue weighted by molar-refractivity contribution is 0.291. The van der Waals surface area contributed by atoms with Gasteiger partial charge in [0.25, 0.3) is 0 Å². The van der Waals surface area contributed by atoms with Crippen molar-refractivity contribution in [3.8, 4) is 5.88 Å². The Bertz CT molecular complexity index is 689. The molecule has 2 rings (SSSR count). The van der Waals surface area contributed by atoms with Crippen LogP contribution in [0, 0.1) is 0 Å². The van der Waals surface area contributed by atoms with E-state index in [0.717, 1.165) is 10.7 Å². The summed E-state index contributed by atoms with van der Waals surface area (Å²) in [6.07, 6.45) is 5.64. The summed E-state index contributed by atoms with van der Waals surface area (Å²) in [5.74, 6) is 0.451. The molecule has 2 aromatic heterocycles. The van der Waals surface area contributed by atoms with Gasteiger partial charge in [-0.1, -0.05) is 0 Å². The van der Waals surface area contributed by atoms with Crippen LogP contribution >= 0.6 is 15.9 Å². The van der Waals surface area contributed by atoms with Crippen LogP contribution in [0.15, 0.2) is 46.2 Å². The third-order valence-corrected chi connectivity index (χ3v) is 3.98. The summed E-state index contributed by atoms with van der Waals surface area (Å²) in [6.45, 7) is 0.200. The van der Waals surface area contributed by atoms with Gasteiger partial charge in [0.15, 0.2) is 9.84 Å². The monoisotopic (exact) mass is 342 g/mol. The molecule has 0 fully saturated rings. The van der Waals surface area contributed by atoms with Gasteiger partial charge in [0, 0.05) is 30.4 Å². The number of rotatable bonds is 4. The van der Waals surface area contributed by atoms with E-state index in [0.29, 0.717) is 11.4 Å². The van der Waals surface area contributed by atoms with E-state index in [4.69, 9.17) is 4.74 Å². The topological polar surface area (TPSA) is 69.2 Å². The maximum Gasteiger partial charge on any atom is 0.228 e. The van der Waals surface area contributed by atoms with Crippen molar-refractivity contribution < 1.29 is 13.2 Å². The van der Waals surface area contributed by atoms with Gasteiger partial charge in [-0.25, -0.2) is 13.4 Å². The molecule has 5 nitrogen and oxygen atoms in total. The van der Waals surface area contributed by atoms with Crippen molar-refractivity contribution in [2.24, 2.45) is 0 Å². The van der Waals surface area contributed by atoms with Crippen LogP contribution in [0.25, 0.3) is 0 Å². The number of sulfone groups is 1. The molecule has 0 radical (unpaired) electrons. The first-order valence-electron chi connectivity index (χ1n) is 5.34. The standard InChI is InChI=1S/C12H11BrN2O3S/c1-19(16,17)10-5-9(6-14-7-10)8-18-12-11(13)3-2-4-15-12/h2-7H,8H2,1H3. The van der Waals surface area contributed by atoms with E-state index in [-0.39, 0.29) is 11.5 Å². The number of halogens is 1. The molecule has 0 unspecified atom stereocenters. The maximum atomic E-state index is 11.4. The predicted octanol–water partition coefficient (Wildman–Crippen LogP) is 2.22. The SMILES string of the molecule is CS(=O)(=O)c1cncc(COc2ncccc2Br)c1. The maximum absolute atomic E-state index is 11.4. The average Bonchev–Trinajstić information content (AvgIpc) is 2.37. The fourth-order valence-electron chi connectivity index (χ4n) is 1.37. The minimum absolute atomic E-state index is 0.175. The highest BCUT2D eigenvalue weighted by molar-refractivity contribution is 9.10. The molecule has 100 valence electrons. The van der Waals surface area contributed by atoms with Gasteiger partial charge in [0.1, 0.15) is 6.61 Å². The summed E-state index contributed by atoms with van der Waals surface area (Å²) in [4.78, 5) is 8.13. The molecule has 0 atom stereocenters. The van der Waals surface area contributed by atoms with Crippen molar-refractivity contribution in [1.29, 1.82) is 0 Å². The Labute approximate surface area is 119 Å². The quantitative estimate of drug-likeness (QED) is 0.851. The third kappa shape index (κ3) is 3.74. The van der Waals surface area contributed by atoms with Crippen molar-refractivity contribution >= 4 is 25.8 Å². The Kier molecular flexibility index (Phi) is 4.16. The van der Waals surface area contributed by atoms with Crippen LogP contribution < -0.4 is 4.74 Å². The highest BCUT2D eigenvalue weighted by Gasteiger charge is 2.09. The molecule has 0 N–H and O–H groups in total. The highest BCUT2D eigenvalue weighted by Crippen LogP contribution is 2.22. The van der Waals surface area contributed by atoms with E-state index < -0.39 is 9.84 Å². The second-order valence-corrected chi connectivity index (χ2v) is 6.75. The van der Waals surface area contributed by atoms with Crippen LogP contribution in [0.5, 0.6) is 5.88 Å². The number of aromatic nitrogens is 2. The average molecular weight is 343 g/mol. The van der Waals surface area contributed by atoms with Crippen LogP contribution in [-0.2, 0) is 16.4 Å². The van der Waals surface area contributed by atoms with Crippen molar-refractivity contribution in [3.63, 3.8) is 0 Å². The molecule has 0 aliphatic carbocycles. The summed E-state index contributed by atoms with van der Waals surface area (Å²) < 4.78 is 29.1. The van der Waals surface area contributed by atoms with E-state index in [1.807, 2.05) is 6.07 Å². The number of pyridine rings is 2. The largest absolute Gasteiger partial charge is 0.472 e. The predicted molar refractivity (Wildman–Crippen MR) is 73.6 cm³/mol. The van der Waals surface area contributed by atoms with Crippen LogP contribution in [-0.4, -0.2) is 24.6 Å². The molecule has 0 spiro atoms. The molecule has 0 saturated heterocycles. The lowest BCUT2D eigenvalue weighted by Gasteiger charge is -2.07. The first-order chi connectivity index (χ1) is 8.97. The van der Waals surface area contributed by atoms with E-state index in [1.165, 1.54) is 6.20 Å². The Balaban J connectivity index is 2.15. The number of nitrogens with zero attached hydrogens (tertiary/aromatic N) is 2. The zero-order valence-electron chi connectivity index (χ0n) is 10.1. The van der Waals surface area contributed by atoms with Gasteiger partial charge >= 0.3 is 0 Å². The molecule has 0 bridgehead atoms. The highest BCUT2D eigenvalue weighted by atomic mass is 79.9. The van der Waals surface area contributed by atoms with Crippen LogP contribution in [0.1, 0.15) is 5.56 Å². The Morgan fingerprint density at radius 2 is 2.16 bits per heavy atom. The molecule has 0 aromatic carbocycles. The van der Waals surface area contributed by atoms with E-state index in [1.54, 1.807) is 24.5 Å². The lowest BCUT2D eigenvalue weighted by Crippen LogP contribution is -2.02. The number of hydrogen-bond acceptors (Lipinski definition) is 5. The van der Waals surface area contributed by atoms with Gasteiger partial charge in [-0.05, 0) is 34.1 Å².